The molecule has 4 nitrogen and oxygen atoms in total. The average molecular weight is 851 g/mol. The summed E-state index contributed by atoms with van der Waals surface area (Å²) in [6.07, 6.45) is 3.76. The van der Waals surface area contributed by atoms with Gasteiger partial charge in [-0.05, 0) is 117 Å². The number of anilines is 3. The molecule has 0 bridgehead atoms. The summed E-state index contributed by atoms with van der Waals surface area (Å²) in [4.78, 5) is 6.92. The molecule has 0 N–H and O–H groups in total. The molecule has 5 heteroatoms. The predicted molar refractivity (Wildman–Crippen MR) is 267 cm³/mol. The Morgan fingerprint density at radius 1 is 0.415 bits per heavy atom. The molecule has 0 saturated carbocycles. The van der Waals surface area contributed by atoms with Crippen LogP contribution >= 0.6 is 7.14 Å². The molecule has 0 fully saturated rings. The Kier molecular flexibility index (Phi) is 8.37. The van der Waals surface area contributed by atoms with Gasteiger partial charge in [0.05, 0.1) is 16.8 Å². The lowest BCUT2D eigenvalue weighted by atomic mass is 9.61. The van der Waals surface area contributed by atoms with E-state index in [2.05, 4.69) is 180 Å². The Hall–Kier alpha value is -8.04. The molecule has 13 rings (SSSR count). The molecular weight excluding hydrogens is 812 g/mol. The molecule has 0 radical (unpaired) electrons. The van der Waals surface area contributed by atoms with Crippen LogP contribution in [0.3, 0.4) is 0 Å². The molecule has 0 amide bonds. The topological polar surface area (TPSA) is 46.3 Å². The molecular formula is C60H39N2O2P. The number of benzene rings is 9. The average Bonchev–Trinajstić information content (AvgIpc) is 3.75. The second-order valence-corrected chi connectivity index (χ2v) is 19.7. The van der Waals surface area contributed by atoms with Gasteiger partial charge in [0.25, 0.3) is 0 Å². The molecule has 65 heavy (non-hydrogen) atoms. The van der Waals surface area contributed by atoms with Crippen LogP contribution in [0.4, 0.5) is 17.1 Å². The first-order valence-electron chi connectivity index (χ1n) is 22.0. The summed E-state index contributed by atoms with van der Waals surface area (Å²) in [6.45, 7) is 0. The minimum absolute atomic E-state index is 0.726. The number of rotatable bonds is 5. The van der Waals surface area contributed by atoms with Gasteiger partial charge in [-0.2, -0.15) is 0 Å². The van der Waals surface area contributed by atoms with E-state index in [9.17, 15) is 0 Å². The number of fused-ring (bicyclic) bond motifs is 11. The van der Waals surface area contributed by atoms with E-state index >= 15 is 4.57 Å². The van der Waals surface area contributed by atoms with Gasteiger partial charge in [-0.1, -0.05) is 158 Å². The molecule has 2 unspecified atom stereocenters. The first kappa shape index (κ1) is 37.5. The van der Waals surface area contributed by atoms with Gasteiger partial charge in [0.2, 0.25) is 0 Å². The zero-order chi connectivity index (χ0) is 43.1. The highest BCUT2D eigenvalue weighted by molar-refractivity contribution is 7.85. The number of hydrogen-bond donors (Lipinski definition) is 0. The molecule has 2 aliphatic heterocycles. The largest absolute Gasteiger partial charge is 0.456 e. The monoisotopic (exact) mass is 850 g/mol. The predicted octanol–water partition coefficient (Wildman–Crippen LogP) is 14.1. The third-order valence-electron chi connectivity index (χ3n) is 13.6. The molecule has 1 spiro atoms. The van der Waals surface area contributed by atoms with Gasteiger partial charge in [-0.15, -0.1) is 0 Å². The second-order valence-electron chi connectivity index (χ2n) is 17.0. The van der Waals surface area contributed by atoms with Gasteiger partial charge in [-0.25, -0.2) is 0 Å². The van der Waals surface area contributed by atoms with Gasteiger partial charge >= 0.3 is 0 Å². The van der Waals surface area contributed by atoms with Crippen LogP contribution in [0.15, 0.2) is 241 Å². The SMILES string of the molecule is O=P1(c2ccccc2)c2ccccc2C2(c3ccccc3N(c3ccccc3)c3cc(-c4cc(-c5ccccc5)cc(-c5cccnc5)c4)ccc32)c2cc3c(cc21)oc1ccccc13. The lowest BCUT2D eigenvalue weighted by Crippen LogP contribution is -2.49. The fraction of sp³-hybridized carbons (Fsp3) is 0.0167. The van der Waals surface area contributed by atoms with Crippen molar-refractivity contribution in [2.45, 2.75) is 5.41 Å². The van der Waals surface area contributed by atoms with E-state index in [0.717, 1.165) is 111 Å². The van der Waals surface area contributed by atoms with Crippen molar-refractivity contribution in [3.8, 4) is 33.4 Å². The minimum atomic E-state index is -3.49. The fourth-order valence-corrected chi connectivity index (χ4v) is 13.9. The second kappa shape index (κ2) is 14.5. The Labute approximate surface area is 377 Å². The molecule has 0 aliphatic carbocycles. The van der Waals surface area contributed by atoms with Gasteiger partial charge in [0.1, 0.15) is 11.2 Å². The third kappa shape index (κ3) is 5.51. The lowest BCUT2D eigenvalue weighted by molar-refractivity contribution is 0.590. The Morgan fingerprint density at radius 2 is 1.05 bits per heavy atom. The number of nitrogens with zero attached hydrogens (tertiary/aromatic N) is 2. The fourth-order valence-electron chi connectivity index (χ4n) is 10.8. The maximum atomic E-state index is 16.8. The molecule has 4 heterocycles. The number of pyridine rings is 1. The maximum absolute atomic E-state index is 16.8. The van der Waals surface area contributed by atoms with E-state index in [1.54, 1.807) is 0 Å². The molecule has 0 saturated heterocycles. The summed E-state index contributed by atoms with van der Waals surface area (Å²) in [5.41, 5.74) is 14.7. The smallest absolute Gasteiger partial charge is 0.171 e. The van der Waals surface area contributed by atoms with Crippen LogP contribution in [0, 0.1) is 0 Å². The van der Waals surface area contributed by atoms with Crippen LogP contribution in [0.5, 0.6) is 0 Å². The van der Waals surface area contributed by atoms with E-state index in [0.29, 0.717) is 0 Å². The quantitative estimate of drug-likeness (QED) is 0.162. The van der Waals surface area contributed by atoms with Crippen molar-refractivity contribution < 1.29 is 8.98 Å². The van der Waals surface area contributed by atoms with Crippen LogP contribution in [0.1, 0.15) is 22.3 Å². The first-order valence-corrected chi connectivity index (χ1v) is 23.7. The Morgan fingerprint density at radius 3 is 1.83 bits per heavy atom. The van der Waals surface area contributed by atoms with Crippen molar-refractivity contribution in [3.05, 3.63) is 259 Å². The number of hydrogen-bond acceptors (Lipinski definition) is 4. The molecule has 2 aromatic heterocycles. The highest BCUT2D eigenvalue weighted by Gasteiger charge is 2.55. The van der Waals surface area contributed by atoms with Gasteiger partial charge in [0, 0.05) is 50.3 Å². The van der Waals surface area contributed by atoms with Crippen molar-refractivity contribution >= 4 is 62.1 Å². The van der Waals surface area contributed by atoms with Crippen LogP contribution in [-0.4, -0.2) is 4.98 Å². The first-order chi connectivity index (χ1) is 32.1. The van der Waals surface area contributed by atoms with Crippen molar-refractivity contribution in [3.63, 3.8) is 0 Å². The van der Waals surface area contributed by atoms with E-state index in [1.807, 2.05) is 67.0 Å². The zero-order valence-electron chi connectivity index (χ0n) is 35.2. The summed E-state index contributed by atoms with van der Waals surface area (Å²) in [6, 6.07) is 79.2. The lowest BCUT2D eigenvalue weighted by Gasteiger charge is -2.50. The molecule has 11 aromatic rings. The van der Waals surface area contributed by atoms with Crippen molar-refractivity contribution in [2.75, 3.05) is 4.90 Å². The van der Waals surface area contributed by atoms with Crippen LogP contribution in [0.25, 0.3) is 55.3 Å². The summed E-state index contributed by atoms with van der Waals surface area (Å²) < 4.78 is 23.4. The van der Waals surface area contributed by atoms with E-state index < -0.39 is 12.6 Å². The summed E-state index contributed by atoms with van der Waals surface area (Å²) in [5, 5.41) is 4.46. The zero-order valence-corrected chi connectivity index (χ0v) is 36.1. The maximum Gasteiger partial charge on any atom is 0.171 e. The number of para-hydroxylation sites is 3. The van der Waals surface area contributed by atoms with Crippen molar-refractivity contribution in [1.29, 1.82) is 0 Å². The van der Waals surface area contributed by atoms with Crippen molar-refractivity contribution in [2.24, 2.45) is 0 Å². The molecule has 306 valence electrons. The van der Waals surface area contributed by atoms with Gasteiger partial charge in [-0.3, -0.25) is 4.98 Å². The summed E-state index contributed by atoms with van der Waals surface area (Å²) in [5.74, 6) is 0. The van der Waals surface area contributed by atoms with Crippen molar-refractivity contribution in [1.82, 2.24) is 4.98 Å². The molecule has 2 aliphatic rings. The number of furan rings is 1. The minimum Gasteiger partial charge on any atom is -0.456 e. The van der Waals surface area contributed by atoms with Crippen LogP contribution in [-0.2, 0) is 9.98 Å². The van der Waals surface area contributed by atoms with Crippen LogP contribution in [0.2, 0.25) is 0 Å². The highest BCUT2D eigenvalue weighted by atomic mass is 31.2. The summed E-state index contributed by atoms with van der Waals surface area (Å²) in [7, 11) is -3.49. The normalized spacial score (nSPS) is 17.1. The molecule has 9 aromatic carbocycles. The Bertz CT molecular complexity index is 3640. The van der Waals surface area contributed by atoms with Crippen LogP contribution < -0.4 is 20.8 Å². The van der Waals surface area contributed by atoms with E-state index in [1.165, 1.54) is 0 Å². The number of aromatic nitrogens is 1. The third-order valence-corrected chi connectivity index (χ3v) is 16.7. The van der Waals surface area contributed by atoms with E-state index in [-0.39, 0.29) is 0 Å². The highest BCUT2D eigenvalue weighted by Crippen LogP contribution is 2.63. The van der Waals surface area contributed by atoms with E-state index in [4.69, 9.17) is 4.42 Å². The molecule has 2 atom stereocenters. The van der Waals surface area contributed by atoms with Gasteiger partial charge < -0.3 is 13.9 Å². The van der Waals surface area contributed by atoms with Gasteiger partial charge in [0.15, 0.2) is 7.14 Å². The standard InChI is InChI=1S/C60H39N2O2P/c63-65(47-22-8-3-9-23-47)58-29-15-12-26-52(58)60(53-37-49-48-24-10-14-28-56(48)64-57(49)38-59(53)65)50-25-11-13-27-54(50)62(46-20-6-2-7-21-46)55-36-41(30-31-51(55)60)44-33-43(40-17-4-1-5-18-40)34-45(35-44)42-19-16-32-61-39-42/h1-39H. The Balaban J connectivity index is 1.16. The summed E-state index contributed by atoms with van der Waals surface area (Å²) >= 11 is 0.